The molecule has 0 aliphatic heterocycles. The molecule has 1 saturated carbocycles. The molecule has 2 aromatic heterocycles. The molecule has 5 heteroatoms. The highest BCUT2D eigenvalue weighted by molar-refractivity contribution is 7.18. The zero-order valence-corrected chi connectivity index (χ0v) is 9.29. The standard InChI is InChI=1S/C10H12N4S/c1-10(11,6-2-3-6)9-14-7-8(15-9)13-5-4-12-7/h4-6H,2-3,11H2,1H3. The van der Waals surface area contributed by atoms with Crippen LogP contribution in [0.5, 0.6) is 0 Å². The zero-order chi connectivity index (χ0) is 10.5. The molecule has 15 heavy (non-hydrogen) atoms. The zero-order valence-electron chi connectivity index (χ0n) is 8.47. The number of nitrogens with zero attached hydrogens (tertiary/aromatic N) is 3. The van der Waals surface area contributed by atoms with Crippen molar-refractivity contribution in [3.05, 3.63) is 17.4 Å². The Morgan fingerprint density at radius 1 is 1.40 bits per heavy atom. The summed E-state index contributed by atoms with van der Waals surface area (Å²) >= 11 is 1.56. The third kappa shape index (κ3) is 1.42. The van der Waals surface area contributed by atoms with Gasteiger partial charge in [0.25, 0.3) is 0 Å². The van der Waals surface area contributed by atoms with Crippen molar-refractivity contribution in [3.8, 4) is 0 Å². The topological polar surface area (TPSA) is 64.7 Å². The number of hydrogen-bond acceptors (Lipinski definition) is 5. The normalized spacial score (nSPS) is 20.4. The Morgan fingerprint density at radius 2 is 2.13 bits per heavy atom. The van der Waals surface area contributed by atoms with Crippen LogP contribution in [0.3, 0.4) is 0 Å². The number of rotatable bonds is 2. The number of aromatic nitrogens is 3. The van der Waals surface area contributed by atoms with E-state index in [1.54, 1.807) is 23.7 Å². The molecule has 0 spiro atoms. The summed E-state index contributed by atoms with van der Waals surface area (Å²) in [7, 11) is 0. The maximum Gasteiger partial charge on any atom is 0.189 e. The van der Waals surface area contributed by atoms with Crippen molar-refractivity contribution in [2.24, 2.45) is 11.7 Å². The summed E-state index contributed by atoms with van der Waals surface area (Å²) in [5.74, 6) is 0.582. The fraction of sp³-hybridized carbons (Fsp3) is 0.500. The van der Waals surface area contributed by atoms with Crippen molar-refractivity contribution in [2.45, 2.75) is 25.3 Å². The van der Waals surface area contributed by atoms with E-state index in [1.807, 2.05) is 0 Å². The molecule has 78 valence electrons. The van der Waals surface area contributed by atoms with Crippen LogP contribution < -0.4 is 5.73 Å². The summed E-state index contributed by atoms with van der Waals surface area (Å²) in [6.07, 6.45) is 5.78. The molecular weight excluding hydrogens is 208 g/mol. The highest BCUT2D eigenvalue weighted by atomic mass is 32.1. The molecule has 0 radical (unpaired) electrons. The number of nitrogens with two attached hydrogens (primary N) is 1. The second kappa shape index (κ2) is 2.96. The average molecular weight is 220 g/mol. The maximum atomic E-state index is 6.30. The first-order valence-corrected chi connectivity index (χ1v) is 5.86. The summed E-state index contributed by atoms with van der Waals surface area (Å²) in [5.41, 5.74) is 6.72. The minimum absolute atomic E-state index is 0.299. The monoisotopic (exact) mass is 220 g/mol. The van der Waals surface area contributed by atoms with Crippen molar-refractivity contribution < 1.29 is 0 Å². The molecule has 1 fully saturated rings. The van der Waals surface area contributed by atoms with Gasteiger partial charge in [-0.3, -0.25) is 0 Å². The predicted molar refractivity (Wildman–Crippen MR) is 59.5 cm³/mol. The van der Waals surface area contributed by atoms with Gasteiger partial charge in [-0.05, 0) is 25.7 Å². The van der Waals surface area contributed by atoms with Crippen molar-refractivity contribution in [3.63, 3.8) is 0 Å². The molecular formula is C10H12N4S. The van der Waals surface area contributed by atoms with E-state index in [-0.39, 0.29) is 5.54 Å². The van der Waals surface area contributed by atoms with E-state index >= 15 is 0 Å². The van der Waals surface area contributed by atoms with Gasteiger partial charge in [0, 0.05) is 12.4 Å². The molecule has 1 aliphatic carbocycles. The van der Waals surface area contributed by atoms with E-state index in [9.17, 15) is 0 Å². The number of hydrogen-bond donors (Lipinski definition) is 1. The third-order valence-electron chi connectivity index (χ3n) is 2.93. The maximum absolute atomic E-state index is 6.30. The summed E-state index contributed by atoms with van der Waals surface area (Å²) in [6.45, 7) is 2.06. The Balaban J connectivity index is 2.11. The predicted octanol–water partition coefficient (Wildman–Crippen LogP) is 1.67. The van der Waals surface area contributed by atoms with Gasteiger partial charge < -0.3 is 5.73 Å². The second-order valence-corrected chi connectivity index (χ2v) is 5.24. The average Bonchev–Trinajstić information content (AvgIpc) is 2.97. The molecule has 0 bridgehead atoms. The molecule has 1 atom stereocenters. The molecule has 4 nitrogen and oxygen atoms in total. The van der Waals surface area contributed by atoms with E-state index < -0.39 is 0 Å². The van der Waals surface area contributed by atoms with E-state index in [1.165, 1.54) is 12.8 Å². The smallest absolute Gasteiger partial charge is 0.189 e. The molecule has 1 aliphatic rings. The molecule has 0 amide bonds. The van der Waals surface area contributed by atoms with Crippen LogP contribution >= 0.6 is 11.3 Å². The fourth-order valence-electron chi connectivity index (χ4n) is 1.77. The summed E-state index contributed by atoms with van der Waals surface area (Å²) < 4.78 is 0. The highest BCUT2D eigenvalue weighted by Gasteiger charge is 2.42. The first-order valence-electron chi connectivity index (χ1n) is 5.05. The van der Waals surface area contributed by atoms with Crippen LogP contribution in [0.15, 0.2) is 12.4 Å². The second-order valence-electron chi connectivity index (χ2n) is 4.26. The van der Waals surface area contributed by atoms with Crippen LogP contribution in [0.2, 0.25) is 0 Å². The first kappa shape index (κ1) is 9.18. The molecule has 1 unspecified atom stereocenters. The number of fused-ring (bicyclic) bond motifs is 1. The van der Waals surface area contributed by atoms with E-state index in [0.717, 1.165) is 15.5 Å². The third-order valence-corrected chi connectivity index (χ3v) is 4.14. The van der Waals surface area contributed by atoms with Crippen LogP contribution in [-0.4, -0.2) is 15.0 Å². The van der Waals surface area contributed by atoms with Crippen LogP contribution in [0.1, 0.15) is 24.8 Å². The lowest BCUT2D eigenvalue weighted by Gasteiger charge is -2.20. The van der Waals surface area contributed by atoms with Crippen molar-refractivity contribution in [1.29, 1.82) is 0 Å². The van der Waals surface area contributed by atoms with Gasteiger partial charge in [0.2, 0.25) is 0 Å². The Kier molecular flexibility index (Phi) is 1.81. The van der Waals surface area contributed by atoms with E-state index in [0.29, 0.717) is 5.92 Å². The van der Waals surface area contributed by atoms with Crippen molar-refractivity contribution >= 4 is 21.8 Å². The Hall–Kier alpha value is -1.07. The van der Waals surface area contributed by atoms with E-state index in [4.69, 9.17) is 5.73 Å². The van der Waals surface area contributed by atoms with Crippen LogP contribution in [0, 0.1) is 5.92 Å². The van der Waals surface area contributed by atoms with Crippen molar-refractivity contribution in [1.82, 2.24) is 15.0 Å². The van der Waals surface area contributed by atoms with Gasteiger partial charge in [-0.1, -0.05) is 11.3 Å². The van der Waals surface area contributed by atoms with Gasteiger partial charge in [-0.15, -0.1) is 0 Å². The lowest BCUT2D eigenvalue weighted by Crippen LogP contribution is -2.35. The van der Waals surface area contributed by atoms with E-state index in [2.05, 4.69) is 21.9 Å². The molecule has 3 rings (SSSR count). The Labute approximate surface area is 91.6 Å². The fourth-order valence-corrected chi connectivity index (χ4v) is 2.77. The SMILES string of the molecule is CC(N)(c1nc2nccnc2s1)C1CC1. The summed E-state index contributed by atoms with van der Waals surface area (Å²) in [5, 5.41) is 0.964. The van der Waals surface area contributed by atoms with Gasteiger partial charge >= 0.3 is 0 Å². The summed E-state index contributed by atoms with van der Waals surface area (Å²) in [6, 6.07) is 0. The minimum atomic E-state index is -0.299. The summed E-state index contributed by atoms with van der Waals surface area (Å²) in [4.78, 5) is 13.8. The van der Waals surface area contributed by atoms with Gasteiger partial charge in [0.1, 0.15) is 5.01 Å². The molecule has 0 aromatic carbocycles. The van der Waals surface area contributed by atoms with Crippen LogP contribution in [0.25, 0.3) is 10.5 Å². The first-order chi connectivity index (χ1) is 7.18. The lowest BCUT2D eigenvalue weighted by molar-refractivity contribution is 0.425. The largest absolute Gasteiger partial charge is 0.319 e. The Bertz CT molecular complexity index is 468. The number of thiazole rings is 1. The highest BCUT2D eigenvalue weighted by Crippen LogP contribution is 2.45. The molecule has 2 heterocycles. The Morgan fingerprint density at radius 3 is 2.80 bits per heavy atom. The molecule has 2 N–H and O–H groups in total. The van der Waals surface area contributed by atoms with Gasteiger partial charge in [0.05, 0.1) is 5.54 Å². The van der Waals surface area contributed by atoms with Crippen LogP contribution in [0.4, 0.5) is 0 Å². The van der Waals surface area contributed by atoms with Gasteiger partial charge in [-0.2, -0.15) is 0 Å². The van der Waals surface area contributed by atoms with Crippen molar-refractivity contribution in [2.75, 3.05) is 0 Å². The molecule has 2 aromatic rings. The van der Waals surface area contributed by atoms with Gasteiger partial charge in [-0.25, -0.2) is 15.0 Å². The molecule has 0 saturated heterocycles. The lowest BCUT2D eigenvalue weighted by atomic mass is 9.99. The minimum Gasteiger partial charge on any atom is -0.319 e. The quantitative estimate of drug-likeness (QED) is 0.836. The van der Waals surface area contributed by atoms with Crippen LogP contribution in [-0.2, 0) is 5.54 Å². The van der Waals surface area contributed by atoms with Gasteiger partial charge in [0.15, 0.2) is 10.5 Å².